The van der Waals surface area contributed by atoms with Gasteiger partial charge in [-0.1, -0.05) is 59.0 Å². The topological polar surface area (TPSA) is 736 Å². The molecule has 9 aliphatic rings. The number of hydrogen-bond donors (Lipinski definition) is 9. The number of rotatable bonds is 34. The molecule has 726 valence electrons. The zero-order valence-electron chi connectivity index (χ0n) is 69.4. The van der Waals surface area contributed by atoms with Gasteiger partial charge in [0, 0.05) is 66.3 Å². The minimum absolute atomic E-state index is 0.00770. The number of ether oxygens (including phenoxy) is 9. The van der Waals surface area contributed by atoms with Crippen LogP contribution in [0.25, 0.3) is 22.3 Å². The Morgan fingerprint density at radius 3 is 1.27 bits per heavy atom. The Kier molecular flexibility index (Phi) is 27.1. The van der Waals surface area contributed by atoms with E-state index in [1.54, 1.807) is 6.92 Å². The van der Waals surface area contributed by atoms with E-state index in [1.807, 2.05) is 0 Å². The third-order valence-corrected chi connectivity index (χ3v) is 32.4. The molecule has 67 heteroatoms. The highest BCUT2D eigenvalue weighted by Gasteiger charge is 2.72. The number of aromatic amines is 5. The van der Waals surface area contributed by atoms with Crippen LogP contribution in [0, 0.1) is 27.7 Å². The van der Waals surface area contributed by atoms with Crippen LogP contribution >= 0.6 is 40.4 Å². The first-order valence-electron chi connectivity index (χ1n) is 39.8. The lowest BCUT2D eigenvalue weighted by Crippen LogP contribution is -2.52. The molecule has 0 amide bonds. The fourth-order valence-corrected chi connectivity index (χ4v) is 25.4. The first-order chi connectivity index (χ1) is 62.4. The zero-order valence-corrected chi connectivity index (χ0v) is 79.7. The van der Waals surface area contributed by atoms with Crippen molar-refractivity contribution in [3.05, 3.63) is 160 Å². The SMILES string of the molecule is Cc1cn([C@@H]2O[C@]3(COP(=O)([S-])OC4[C@@H]5O[C@@H](C)[C@]4(COP([O-])(=S)OC4[C@@H]6O[C@@H](C)[C@]4(CO)O[C@H]6n4cnc6c(=O)[nH]c(N)nc64)O[C@H]5n4cnc5c(N)ncnc54)C(OP([O-])(=S)OC[C@H]4O[C@@H](n5cc(C)c(=O)[nH]c5=O)CC4OP([O-])(=S)OC[C@H]4O[C@@H](n5cc(C)c(=O)[nH]c5=O)CC4OP([O-])(=S)OC[C@H]4O[C@@H](n5cc(C)c(=O)[nH]c5=O)CC4OP([O-])(O)=S)[C@@H]2O[C@H]3C)c(=O)[nH]c1=O. The minimum Gasteiger partial charge on any atom is -0.780 e. The van der Waals surface area contributed by atoms with Crippen molar-refractivity contribution < 1.29 is 131 Å². The summed E-state index contributed by atoms with van der Waals surface area (Å²) in [5, 5.41) is 11.1. The van der Waals surface area contributed by atoms with Gasteiger partial charge in [0.2, 0.25) is 5.95 Å². The van der Waals surface area contributed by atoms with Gasteiger partial charge in [0.1, 0.15) is 136 Å². The first-order valence-corrected chi connectivity index (χ1v) is 55.2. The van der Waals surface area contributed by atoms with Gasteiger partial charge < -0.3 is 151 Å². The molecule has 0 radical (unpaired) electrons. The van der Waals surface area contributed by atoms with Crippen LogP contribution in [0.4, 0.5) is 11.8 Å². The standard InChI is InChI=1S/C66H84N18O37P6S6/c1-24-11-79(60(91)75-51(24)86)37-8-31(116-122(95,96)128)34(110-37)15-102-123(97,129)117-32-9-38(80-12-25(2)52(87)76-61(80)92)111-35(32)16-103-124(98,130)118-33-10-39(81-13-26(3)53(88)77-62(81)93)112-36(33)17-104-125(99,131)120-46-43-56(82-14-27(4)54(89)78-63(82)94)114-65(46,29(6)108-43)19-106-127(101,133)121-47-44-57(83-22-71-40-48(67)69-21-70-49(40)83)115-66(47,30(7)109-44)20-105-126(100,132)119-45-42-58(113-64(45,18-85)28(5)107-42)84-23-72-41-50(84)73-59(68)74-55(41)90/h11-14,21-23,28-39,42-47,56-58,85H,8-10,15-20H2,1-7H3,(H,97,129)(H,98,130)(H,99,131)(H,100,132)(H,101,133)(H2,67,69,70)(H,75,86,91)(H,76,87,92)(H,77,88,93)(H,78,89,94)(H2,95,96,128)(H3,68,73,74,90)/p-6/t28-,29-,30-,31?,32?,33?,34+,35+,36+,37+,38+,39+,42-,43-,44-,45?,46?,47?,56+,57+,58+,64-,65-,66-,123?,124?,125?,126?,127?/m0/s1. The Morgan fingerprint density at radius 2 is 0.827 bits per heavy atom. The highest BCUT2D eigenvalue weighted by molar-refractivity contribution is 8.32. The van der Waals surface area contributed by atoms with Crippen molar-refractivity contribution in [1.82, 2.24) is 77.2 Å². The van der Waals surface area contributed by atoms with Crippen molar-refractivity contribution in [2.24, 2.45) is 0 Å². The lowest BCUT2D eigenvalue weighted by molar-refractivity contribution is -0.239. The van der Waals surface area contributed by atoms with Crippen LogP contribution in [0.3, 0.4) is 0 Å². The average molecular weight is 2090 g/mol. The lowest BCUT2D eigenvalue weighted by atomic mass is 9.94. The predicted molar refractivity (Wildman–Crippen MR) is 458 cm³/mol. The van der Waals surface area contributed by atoms with Crippen LogP contribution in [0.2, 0.25) is 0 Å². The van der Waals surface area contributed by atoms with Crippen molar-refractivity contribution in [2.75, 3.05) is 51.1 Å². The fraction of sp³-hybridized carbons (Fsp3) is 0.606. The smallest absolute Gasteiger partial charge is 0.330 e. The molecule has 9 fully saturated rings. The Bertz CT molecular complexity index is 6860. The molecule has 0 spiro atoms. The van der Waals surface area contributed by atoms with Crippen molar-refractivity contribution in [2.45, 2.75) is 213 Å². The summed E-state index contributed by atoms with van der Waals surface area (Å²) in [6.45, 7) is -25.9. The normalized spacial score (nSPS) is 34.4. The van der Waals surface area contributed by atoms with Crippen LogP contribution < -0.4 is 86.5 Å². The van der Waals surface area contributed by atoms with E-state index in [9.17, 15) is 72.7 Å². The molecule has 8 aromatic heterocycles. The summed E-state index contributed by atoms with van der Waals surface area (Å²) in [4.78, 5) is 231. The highest BCUT2D eigenvalue weighted by atomic mass is 32.7. The van der Waals surface area contributed by atoms with E-state index >= 15 is 9.46 Å². The molecule has 0 saturated carbocycles. The summed E-state index contributed by atoms with van der Waals surface area (Å²) in [7, 11) is 0. The number of H-pyrrole nitrogens is 5. The van der Waals surface area contributed by atoms with Gasteiger partial charge in [-0.15, -0.1) is 0 Å². The molecule has 12 unspecified atom stereocenters. The summed E-state index contributed by atoms with van der Waals surface area (Å²) >= 11 is 32.3. The molecule has 8 aromatic rings. The van der Waals surface area contributed by atoms with E-state index in [0.29, 0.717) is 0 Å². The summed E-state index contributed by atoms with van der Waals surface area (Å²) in [6.07, 6.45) is -24.3. The molecule has 0 aliphatic carbocycles. The van der Waals surface area contributed by atoms with E-state index in [2.05, 4.69) is 61.6 Å². The van der Waals surface area contributed by atoms with Gasteiger partial charge in [-0.25, -0.2) is 39.1 Å². The molecule has 6 bridgehead atoms. The average Bonchev–Trinajstić information content (AvgIpc) is 1.56. The van der Waals surface area contributed by atoms with E-state index in [0.717, 1.165) is 49.4 Å². The van der Waals surface area contributed by atoms with E-state index in [1.165, 1.54) is 63.3 Å². The summed E-state index contributed by atoms with van der Waals surface area (Å²) in [5.74, 6) is -0.332. The molecular formula is C66H78N18O37P6S6-6. The predicted octanol–water partition coefficient (Wildman–Crippen LogP) is -5.46. The number of nitrogens with zero attached hydrogens (tertiary/aromatic N) is 11. The number of anilines is 2. The van der Waals surface area contributed by atoms with Gasteiger partial charge in [-0.2, -0.15) is 4.98 Å². The van der Waals surface area contributed by atoms with Crippen LogP contribution in [-0.2, 0) is 168 Å². The number of nitrogen functional groups attached to an aromatic ring is 2. The Balaban J connectivity index is 0.617. The Hall–Kier alpha value is -6.03. The van der Waals surface area contributed by atoms with Crippen molar-refractivity contribution in [3.63, 3.8) is 0 Å². The highest BCUT2D eigenvalue weighted by Crippen LogP contribution is 2.64. The minimum atomic E-state index is -5.23. The monoisotopic (exact) mass is 2090 g/mol. The molecule has 9 saturated heterocycles. The van der Waals surface area contributed by atoms with Crippen LogP contribution in [0.1, 0.15) is 99.7 Å². The van der Waals surface area contributed by atoms with Gasteiger partial charge in [0.25, 0.3) is 27.8 Å². The third-order valence-electron chi connectivity index (χ3n) is 23.9. The van der Waals surface area contributed by atoms with Gasteiger partial charge >= 0.3 is 22.8 Å². The molecular weight excluding hydrogens is 2020 g/mol. The number of fused-ring (bicyclic) bond motifs is 8. The number of aryl methyl sites for hydroxylation is 4. The molecule has 0 aromatic carbocycles. The molecule has 17 heterocycles. The maximum atomic E-state index is 15.5. The van der Waals surface area contributed by atoms with Crippen LogP contribution in [0.5, 0.6) is 0 Å². The van der Waals surface area contributed by atoms with E-state index < -0.39 is 289 Å². The molecule has 11 N–H and O–H groups in total. The van der Waals surface area contributed by atoms with Crippen molar-refractivity contribution >= 4 is 146 Å². The second-order valence-electron chi connectivity index (χ2n) is 32.3. The summed E-state index contributed by atoms with van der Waals surface area (Å²) in [5.41, 5.74) is -1.99. The number of nitrogens with one attached hydrogen (secondary N) is 5. The van der Waals surface area contributed by atoms with Gasteiger partial charge in [-0.05, 0) is 48.5 Å². The number of aliphatic hydroxyl groups excluding tert-OH is 1. The van der Waals surface area contributed by atoms with Crippen LogP contribution in [0.15, 0.2) is 86.9 Å². The fourth-order valence-electron chi connectivity index (χ4n) is 17.3. The Labute approximate surface area is 774 Å². The van der Waals surface area contributed by atoms with Crippen LogP contribution in [-0.4, -0.2) is 235 Å². The van der Waals surface area contributed by atoms with E-state index in [-0.39, 0.29) is 62.8 Å². The zero-order chi connectivity index (χ0) is 95.6. The van der Waals surface area contributed by atoms with Gasteiger partial charge in [0.15, 0.2) is 48.1 Å². The third kappa shape index (κ3) is 19.1. The first kappa shape index (κ1) is 98.6. The maximum Gasteiger partial charge on any atom is 0.330 e. The number of nitrogens with two attached hydrogens (primary N) is 2. The quantitative estimate of drug-likeness (QED) is 0.0134. The molecule has 55 nitrogen and oxygen atoms in total. The van der Waals surface area contributed by atoms with E-state index in [4.69, 9.17) is 163 Å². The van der Waals surface area contributed by atoms with Gasteiger partial charge in [-0.3, -0.25) is 80.9 Å². The molecule has 9 aliphatic heterocycles. The largest absolute Gasteiger partial charge is 0.780 e. The van der Waals surface area contributed by atoms with Gasteiger partial charge in [0.05, 0.1) is 88.9 Å². The number of aliphatic hydroxyl groups is 1. The number of imidazole rings is 2. The molecule has 133 heavy (non-hydrogen) atoms. The summed E-state index contributed by atoms with van der Waals surface area (Å²) < 4.78 is 145. The molecule has 30 atom stereocenters. The number of aromatic nitrogens is 16. The Morgan fingerprint density at radius 1 is 0.466 bits per heavy atom. The second kappa shape index (κ2) is 36.6. The lowest BCUT2D eigenvalue weighted by Gasteiger charge is -2.42. The second-order valence-corrected chi connectivity index (χ2v) is 48.4. The van der Waals surface area contributed by atoms with Crippen molar-refractivity contribution in [3.8, 4) is 0 Å². The number of hydrogen-bond acceptors (Lipinski definition) is 49. The maximum absolute atomic E-state index is 15.5. The summed E-state index contributed by atoms with van der Waals surface area (Å²) in [6, 6.07) is 0. The van der Waals surface area contributed by atoms with Crippen molar-refractivity contribution in [1.29, 1.82) is 0 Å². The molecule has 17 rings (SSSR count).